The lowest BCUT2D eigenvalue weighted by Crippen LogP contribution is -1.95. The van der Waals surface area contributed by atoms with Crippen LogP contribution in [0.1, 0.15) is 63.8 Å². The first-order valence-corrected chi connectivity index (χ1v) is 20.7. The second kappa shape index (κ2) is 29.8. The van der Waals surface area contributed by atoms with Crippen molar-refractivity contribution in [2.24, 2.45) is 0 Å². The highest BCUT2D eigenvalue weighted by molar-refractivity contribution is 6.17. The number of aromatic hydroxyl groups is 1. The van der Waals surface area contributed by atoms with E-state index in [1.165, 1.54) is 22.3 Å². The highest BCUT2D eigenvalue weighted by Crippen LogP contribution is 2.23. The topological polar surface area (TPSA) is 38.7 Å². The molecule has 0 amide bonds. The lowest BCUT2D eigenvalue weighted by Gasteiger charge is -2.09. The Morgan fingerprint density at radius 2 is 0.579 bits per heavy atom. The number of phenols is 1. The standard InChI is InChI=1S/C26H22O2.C14H12Cl2.C6H6O.3C2H6/c1-3-7-25(8-4-1)27-19-21-11-15-23(16-12-21)24-17-13-22(14-18-24)20-28-26-9-5-2-6-10-26;15-9-11-1-5-13(6-2-11)14-7-3-12(10-16)4-8-14;7-6-4-2-1-3-5-6;3*1-2/h1-18H,19-20H2;1-8H,9-10H2;1-5,7H;3*1-2H3. The molecule has 5 heteroatoms. The fraction of sp³-hybridized carbons (Fsp3) is 0.192. The Balaban J connectivity index is 0.000000324. The minimum Gasteiger partial charge on any atom is -0.508 e. The van der Waals surface area contributed by atoms with Gasteiger partial charge in [0.2, 0.25) is 0 Å². The van der Waals surface area contributed by atoms with Crippen molar-refractivity contribution in [1.29, 1.82) is 0 Å². The molecule has 0 atom stereocenters. The van der Waals surface area contributed by atoms with Crippen LogP contribution in [0.3, 0.4) is 0 Å². The predicted octanol–water partition coefficient (Wildman–Crippen LogP) is 15.8. The number of rotatable bonds is 10. The molecular weight excluding hydrogens is 743 g/mol. The Labute approximate surface area is 352 Å². The van der Waals surface area contributed by atoms with E-state index in [4.69, 9.17) is 37.8 Å². The zero-order valence-corrected chi connectivity index (χ0v) is 35.8. The van der Waals surface area contributed by atoms with E-state index in [9.17, 15) is 0 Å². The van der Waals surface area contributed by atoms with Gasteiger partial charge in [-0.3, -0.25) is 0 Å². The summed E-state index contributed by atoms with van der Waals surface area (Å²) in [6, 6.07) is 62.1. The van der Waals surface area contributed by atoms with E-state index < -0.39 is 0 Å². The molecule has 57 heavy (non-hydrogen) atoms. The monoisotopic (exact) mass is 800 g/mol. The Morgan fingerprint density at radius 3 is 0.807 bits per heavy atom. The number of alkyl halides is 2. The van der Waals surface area contributed by atoms with Crippen molar-refractivity contribution >= 4 is 23.2 Å². The number of para-hydroxylation sites is 3. The largest absolute Gasteiger partial charge is 0.508 e. The van der Waals surface area contributed by atoms with Crippen LogP contribution in [0.15, 0.2) is 188 Å². The third-order valence-corrected chi connectivity index (χ3v) is 8.46. The van der Waals surface area contributed by atoms with Gasteiger partial charge in [0.15, 0.2) is 0 Å². The average Bonchev–Trinajstić information content (AvgIpc) is 3.31. The zero-order valence-electron chi connectivity index (χ0n) is 34.2. The lowest BCUT2D eigenvalue weighted by atomic mass is 10.0. The second-order valence-corrected chi connectivity index (χ2v) is 12.1. The van der Waals surface area contributed by atoms with E-state index in [0.29, 0.717) is 30.7 Å². The maximum Gasteiger partial charge on any atom is 0.119 e. The van der Waals surface area contributed by atoms with E-state index in [-0.39, 0.29) is 0 Å². The van der Waals surface area contributed by atoms with Crippen LogP contribution in [-0.4, -0.2) is 5.11 Å². The van der Waals surface area contributed by atoms with E-state index in [2.05, 4.69) is 97.1 Å². The molecule has 0 saturated carbocycles. The third kappa shape index (κ3) is 18.3. The molecule has 0 radical (unpaired) electrons. The van der Waals surface area contributed by atoms with Crippen molar-refractivity contribution < 1.29 is 14.6 Å². The third-order valence-electron chi connectivity index (χ3n) is 7.84. The van der Waals surface area contributed by atoms with E-state index >= 15 is 0 Å². The minimum absolute atomic E-state index is 0.322. The maximum atomic E-state index is 8.63. The molecule has 0 fully saturated rings. The van der Waals surface area contributed by atoms with E-state index in [1.807, 2.05) is 108 Å². The SMILES string of the molecule is CC.CC.CC.ClCc1ccc(-c2ccc(CCl)cc2)cc1.Oc1ccccc1.c1ccc(OCc2ccc(-c3ccc(COc4ccccc4)cc3)cc2)cc1. The summed E-state index contributed by atoms with van der Waals surface area (Å²) < 4.78 is 11.6. The van der Waals surface area contributed by atoms with Gasteiger partial charge >= 0.3 is 0 Å². The van der Waals surface area contributed by atoms with Crippen LogP contribution >= 0.6 is 23.2 Å². The van der Waals surface area contributed by atoms with Crippen LogP contribution in [0.25, 0.3) is 22.3 Å². The number of halogens is 2. The molecule has 7 rings (SSSR count). The van der Waals surface area contributed by atoms with Crippen LogP contribution in [0.4, 0.5) is 0 Å². The van der Waals surface area contributed by atoms with Crippen molar-refractivity contribution in [2.75, 3.05) is 0 Å². The molecule has 0 saturated heterocycles. The summed E-state index contributed by atoms with van der Waals surface area (Å²) in [7, 11) is 0. The summed E-state index contributed by atoms with van der Waals surface area (Å²) >= 11 is 11.5. The molecule has 7 aromatic carbocycles. The van der Waals surface area contributed by atoms with Crippen LogP contribution in [-0.2, 0) is 25.0 Å². The zero-order chi connectivity index (χ0) is 41.5. The van der Waals surface area contributed by atoms with Gasteiger partial charge in [0.1, 0.15) is 30.5 Å². The van der Waals surface area contributed by atoms with Crippen LogP contribution in [0.2, 0.25) is 0 Å². The highest BCUT2D eigenvalue weighted by Gasteiger charge is 2.02. The molecule has 0 unspecified atom stereocenters. The van der Waals surface area contributed by atoms with Crippen molar-refractivity contribution in [1.82, 2.24) is 0 Å². The molecular formula is C52H58Cl2O3. The Hall–Kier alpha value is -5.48. The summed E-state index contributed by atoms with van der Waals surface area (Å²) in [6.07, 6.45) is 0. The van der Waals surface area contributed by atoms with Crippen molar-refractivity contribution in [2.45, 2.75) is 66.5 Å². The van der Waals surface area contributed by atoms with Crippen molar-refractivity contribution in [3.63, 3.8) is 0 Å². The molecule has 0 aliphatic heterocycles. The molecule has 3 nitrogen and oxygen atoms in total. The number of hydrogen-bond donors (Lipinski definition) is 1. The maximum absolute atomic E-state index is 8.63. The van der Waals surface area contributed by atoms with Gasteiger partial charge in [0, 0.05) is 11.8 Å². The summed E-state index contributed by atoms with van der Waals surface area (Å²) in [5.74, 6) is 3.22. The fourth-order valence-corrected chi connectivity index (χ4v) is 5.31. The lowest BCUT2D eigenvalue weighted by molar-refractivity contribution is 0.306. The van der Waals surface area contributed by atoms with Crippen LogP contribution in [0, 0.1) is 0 Å². The van der Waals surface area contributed by atoms with Gasteiger partial charge in [-0.1, -0.05) is 193 Å². The van der Waals surface area contributed by atoms with Crippen molar-refractivity contribution in [3.05, 3.63) is 210 Å². The summed E-state index contributed by atoms with van der Waals surface area (Å²) in [5.41, 5.74) is 9.38. The molecule has 0 bridgehead atoms. The molecule has 0 aliphatic carbocycles. The number of benzene rings is 7. The Morgan fingerprint density at radius 1 is 0.333 bits per heavy atom. The second-order valence-electron chi connectivity index (χ2n) is 11.6. The van der Waals surface area contributed by atoms with E-state index in [0.717, 1.165) is 33.8 Å². The molecule has 1 N–H and O–H groups in total. The fourth-order valence-electron chi connectivity index (χ4n) is 4.95. The smallest absolute Gasteiger partial charge is 0.119 e. The average molecular weight is 802 g/mol. The molecule has 0 aromatic heterocycles. The van der Waals surface area contributed by atoms with Gasteiger partial charge in [-0.05, 0) is 80.9 Å². The Kier molecular flexibility index (Phi) is 24.9. The van der Waals surface area contributed by atoms with Gasteiger partial charge in [-0.15, -0.1) is 23.2 Å². The molecule has 0 aliphatic rings. The first-order valence-electron chi connectivity index (χ1n) is 19.7. The Bertz CT molecular complexity index is 1840. The molecule has 0 heterocycles. The van der Waals surface area contributed by atoms with Gasteiger partial charge < -0.3 is 14.6 Å². The normalized spacial score (nSPS) is 9.40. The first kappa shape index (κ1) is 47.7. The van der Waals surface area contributed by atoms with Crippen molar-refractivity contribution in [3.8, 4) is 39.5 Å². The summed E-state index contributed by atoms with van der Waals surface area (Å²) in [4.78, 5) is 0. The van der Waals surface area contributed by atoms with Crippen LogP contribution < -0.4 is 9.47 Å². The summed E-state index contributed by atoms with van der Waals surface area (Å²) in [5, 5.41) is 8.63. The summed E-state index contributed by atoms with van der Waals surface area (Å²) in [6.45, 7) is 13.1. The highest BCUT2D eigenvalue weighted by atomic mass is 35.5. The number of ether oxygens (including phenoxy) is 2. The number of hydrogen-bond acceptors (Lipinski definition) is 3. The van der Waals surface area contributed by atoms with Gasteiger partial charge in [0.05, 0.1) is 0 Å². The quantitative estimate of drug-likeness (QED) is 0.140. The predicted molar refractivity (Wildman–Crippen MR) is 247 cm³/mol. The van der Waals surface area contributed by atoms with Gasteiger partial charge in [-0.2, -0.15) is 0 Å². The van der Waals surface area contributed by atoms with Gasteiger partial charge in [0.25, 0.3) is 0 Å². The van der Waals surface area contributed by atoms with Gasteiger partial charge in [-0.25, -0.2) is 0 Å². The molecule has 7 aromatic rings. The first-order chi connectivity index (χ1) is 28.1. The minimum atomic E-state index is 0.322. The number of phenolic OH excluding ortho intramolecular Hbond substituents is 1. The van der Waals surface area contributed by atoms with E-state index in [1.54, 1.807) is 24.3 Å². The van der Waals surface area contributed by atoms with Crippen LogP contribution in [0.5, 0.6) is 17.2 Å². The molecule has 0 spiro atoms. The molecule has 298 valence electrons.